The van der Waals surface area contributed by atoms with E-state index in [1.807, 2.05) is 6.20 Å². The van der Waals surface area contributed by atoms with Crippen LogP contribution in [0.3, 0.4) is 0 Å². The third-order valence-electron chi connectivity index (χ3n) is 4.43. The van der Waals surface area contributed by atoms with Crippen molar-refractivity contribution in [3.05, 3.63) is 22.6 Å². The molecule has 0 amide bonds. The normalized spacial score (nSPS) is 18.0. The van der Waals surface area contributed by atoms with Gasteiger partial charge in [-0.05, 0) is 32.1 Å². The molecule has 1 unspecified atom stereocenters. The van der Waals surface area contributed by atoms with Gasteiger partial charge in [0.05, 0.1) is 18.4 Å². The maximum absolute atomic E-state index is 12.1. The Morgan fingerprint density at radius 1 is 1.43 bits per heavy atom. The smallest absolute Gasteiger partial charge is 0.268 e. The molecule has 1 aromatic heterocycles. The standard InChI is InChI=1S/C16H28N4O/c1-4-14(3)17-7-10-20-16(21)11-15(12-18-20)19-8-5-13(2)6-9-19/h11-14,17H,4-10H2,1-3H3. The lowest BCUT2D eigenvalue weighted by molar-refractivity contribution is 0.436. The topological polar surface area (TPSA) is 50.2 Å². The molecule has 2 rings (SSSR count). The van der Waals surface area contributed by atoms with E-state index in [9.17, 15) is 4.79 Å². The third-order valence-corrected chi connectivity index (χ3v) is 4.43. The number of hydrogen-bond donors (Lipinski definition) is 1. The Morgan fingerprint density at radius 2 is 2.14 bits per heavy atom. The molecule has 0 aliphatic carbocycles. The summed E-state index contributed by atoms with van der Waals surface area (Å²) in [6.45, 7) is 10.1. The van der Waals surface area contributed by atoms with Gasteiger partial charge in [-0.2, -0.15) is 5.10 Å². The largest absolute Gasteiger partial charge is 0.370 e. The molecule has 0 spiro atoms. The zero-order chi connectivity index (χ0) is 15.2. The number of nitrogens with one attached hydrogen (secondary N) is 1. The summed E-state index contributed by atoms with van der Waals surface area (Å²) < 4.78 is 1.55. The Bertz CT molecular complexity index is 491. The van der Waals surface area contributed by atoms with E-state index in [4.69, 9.17) is 0 Å². The highest BCUT2D eigenvalue weighted by atomic mass is 16.1. The van der Waals surface area contributed by atoms with E-state index in [1.54, 1.807) is 10.7 Å². The van der Waals surface area contributed by atoms with Crippen LogP contribution in [0.5, 0.6) is 0 Å². The molecule has 0 saturated carbocycles. The van der Waals surface area contributed by atoms with Crippen LogP contribution in [0.25, 0.3) is 0 Å². The number of hydrogen-bond acceptors (Lipinski definition) is 4. The first-order valence-electron chi connectivity index (χ1n) is 8.15. The fraction of sp³-hybridized carbons (Fsp3) is 0.750. The van der Waals surface area contributed by atoms with E-state index >= 15 is 0 Å². The lowest BCUT2D eigenvalue weighted by Gasteiger charge is -2.31. The molecule has 5 heteroatoms. The summed E-state index contributed by atoms with van der Waals surface area (Å²) >= 11 is 0. The highest BCUT2D eigenvalue weighted by Crippen LogP contribution is 2.20. The van der Waals surface area contributed by atoms with Gasteiger partial charge in [-0.1, -0.05) is 13.8 Å². The van der Waals surface area contributed by atoms with Gasteiger partial charge in [-0.3, -0.25) is 4.79 Å². The van der Waals surface area contributed by atoms with E-state index in [2.05, 4.69) is 36.1 Å². The summed E-state index contributed by atoms with van der Waals surface area (Å²) in [6, 6.07) is 2.21. The van der Waals surface area contributed by atoms with Crippen LogP contribution in [-0.4, -0.2) is 35.5 Å². The van der Waals surface area contributed by atoms with Crippen LogP contribution in [-0.2, 0) is 6.54 Å². The fourth-order valence-corrected chi connectivity index (χ4v) is 2.59. The van der Waals surface area contributed by atoms with Crippen LogP contribution in [0, 0.1) is 5.92 Å². The van der Waals surface area contributed by atoms with Crippen LogP contribution in [0.1, 0.15) is 40.0 Å². The van der Waals surface area contributed by atoms with Gasteiger partial charge in [0.2, 0.25) is 0 Å². The number of nitrogens with zero attached hydrogens (tertiary/aromatic N) is 3. The molecule has 118 valence electrons. The molecule has 1 aliphatic rings. The third kappa shape index (κ3) is 4.56. The summed E-state index contributed by atoms with van der Waals surface area (Å²) in [6.07, 6.45) is 5.32. The molecule has 1 atom stereocenters. The summed E-state index contributed by atoms with van der Waals surface area (Å²) in [5, 5.41) is 7.70. The fourth-order valence-electron chi connectivity index (χ4n) is 2.59. The average molecular weight is 292 g/mol. The number of rotatable bonds is 6. The molecular weight excluding hydrogens is 264 g/mol. The second-order valence-electron chi connectivity index (χ2n) is 6.21. The van der Waals surface area contributed by atoms with Gasteiger partial charge in [-0.25, -0.2) is 4.68 Å². The maximum Gasteiger partial charge on any atom is 0.268 e. The number of piperidine rings is 1. The van der Waals surface area contributed by atoms with Crippen molar-refractivity contribution >= 4 is 5.69 Å². The zero-order valence-corrected chi connectivity index (χ0v) is 13.5. The highest BCUT2D eigenvalue weighted by Gasteiger charge is 2.16. The summed E-state index contributed by atoms with van der Waals surface area (Å²) in [7, 11) is 0. The van der Waals surface area contributed by atoms with Gasteiger partial charge in [0.25, 0.3) is 5.56 Å². The molecule has 5 nitrogen and oxygen atoms in total. The molecule has 2 heterocycles. The molecule has 1 saturated heterocycles. The van der Waals surface area contributed by atoms with Gasteiger partial charge in [0, 0.05) is 31.7 Å². The van der Waals surface area contributed by atoms with Gasteiger partial charge in [0.15, 0.2) is 0 Å². The van der Waals surface area contributed by atoms with Crippen LogP contribution in [0.4, 0.5) is 5.69 Å². The summed E-state index contributed by atoms with van der Waals surface area (Å²) in [5.41, 5.74) is 0.968. The van der Waals surface area contributed by atoms with Gasteiger partial charge >= 0.3 is 0 Å². The van der Waals surface area contributed by atoms with E-state index in [0.717, 1.165) is 37.7 Å². The van der Waals surface area contributed by atoms with Crippen molar-refractivity contribution in [2.75, 3.05) is 24.5 Å². The van der Waals surface area contributed by atoms with Crippen LogP contribution in [0.15, 0.2) is 17.1 Å². The number of aromatic nitrogens is 2. The van der Waals surface area contributed by atoms with Crippen molar-refractivity contribution in [3.63, 3.8) is 0 Å². The molecule has 21 heavy (non-hydrogen) atoms. The zero-order valence-electron chi connectivity index (χ0n) is 13.5. The summed E-state index contributed by atoms with van der Waals surface area (Å²) in [5.74, 6) is 0.793. The SMILES string of the molecule is CCC(C)NCCn1ncc(N2CCC(C)CC2)cc1=O. The van der Waals surface area contributed by atoms with Gasteiger partial charge in [0.1, 0.15) is 0 Å². The molecule has 1 N–H and O–H groups in total. The predicted octanol–water partition coefficient (Wildman–Crippen LogP) is 1.87. The monoisotopic (exact) mass is 292 g/mol. The van der Waals surface area contributed by atoms with Crippen LogP contribution < -0.4 is 15.8 Å². The van der Waals surface area contributed by atoms with Gasteiger partial charge in [-0.15, -0.1) is 0 Å². The van der Waals surface area contributed by atoms with Gasteiger partial charge < -0.3 is 10.2 Å². The molecule has 1 aromatic rings. The molecular formula is C16H28N4O. The van der Waals surface area contributed by atoms with Crippen molar-refractivity contribution in [1.29, 1.82) is 0 Å². The lowest BCUT2D eigenvalue weighted by Crippen LogP contribution is -2.36. The first kappa shape index (κ1) is 16.0. The van der Waals surface area contributed by atoms with E-state index in [0.29, 0.717) is 12.6 Å². The minimum Gasteiger partial charge on any atom is -0.370 e. The second-order valence-corrected chi connectivity index (χ2v) is 6.21. The van der Waals surface area contributed by atoms with Crippen LogP contribution in [0.2, 0.25) is 0 Å². The van der Waals surface area contributed by atoms with E-state index in [1.165, 1.54) is 12.8 Å². The highest BCUT2D eigenvalue weighted by molar-refractivity contribution is 5.43. The first-order valence-corrected chi connectivity index (χ1v) is 8.15. The Kier molecular flexibility index (Phi) is 5.79. The summed E-state index contributed by atoms with van der Waals surface area (Å²) in [4.78, 5) is 14.4. The average Bonchev–Trinajstić information content (AvgIpc) is 2.49. The molecule has 0 radical (unpaired) electrons. The van der Waals surface area contributed by atoms with Crippen molar-refractivity contribution < 1.29 is 0 Å². The molecule has 0 bridgehead atoms. The number of anilines is 1. The molecule has 1 fully saturated rings. The minimum atomic E-state index is -0.00271. The Hall–Kier alpha value is -1.36. The maximum atomic E-state index is 12.1. The Labute approximate surface area is 127 Å². The quantitative estimate of drug-likeness (QED) is 0.869. The van der Waals surface area contributed by atoms with Crippen LogP contribution >= 0.6 is 0 Å². The lowest BCUT2D eigenvalue weighted by atomic mass is 9.99. The Balaban J connectivity index is 1.93. The molecule has 0 aromatic carbocycles. The van der Waals surface area contributed by atoms with Crippen molar-refractivity contribution in [3.8, 4) is 0 Å². The van der Waals surface area contributed by atoms with E-state index in [-0.39, 0.29) is 5.56 Å². The predicted molar refractivity (Wildman–Crippen MR) is 86.9 cm³/mol. The first-order chi connectivity index (χ1) is 10.1. The van der Waals surface area contributed by atoms with E-state index < -0.39 is 0 Å². The Morgan fingerprint density at radius 3 is 2.76 bits per heavy atom. The van der Waals surface area contributed by atoms with Crippen molar-refractivity contribution in [2.45, 2.75) is 52.6 Å². The second kappa shape index (κ2) is 7.59. The minimum absolute atomic E-state index is 0.00271. The van der Waals surface area contributed by atoms with Crippen molar-refractivity contribution in [1.82, 2.24) is 15.1 Å². The van der Waals surface area contributed by atoms with Crippen molar-refractivity contribution in [2.24, 2.45) is 5.92 Å². The molecule has 1 aliphatic heterocycles.